The van der Waals surface area contributed by atoms with Crippen molar-refractivity contribution in [2.24, 2.45) is 11.8 Å². The summed E-state index contributed by atoms with van der Waals surface area (Å²) >= 11 is 0. The van der Waals surface area contributed by atoms with Crippen LogP contribution in [0.5, 0.6) is 23.0 Å². The van der Waals surface area contributed by atoms with E-state index < -0.39 is 0 Å². The topological polar surface area (TPSA) is 64.6 Å². The minimum absolute atomic E-state index is 0.0906. The van der Waals surface area contributed by atoms with E-state index in [0.29, 0.717) is 23.0 Å². The van der Waals surface area contributed by atoms with Crippen molar-refractivity contribution in [3.05, 3.63) is 77.0 Å². The molecule has 0 spiro atoms. The van der Waals surface area contributed by atoms with E-state index in [2.05, 4.69) is 6.08 Å². The van der Waals surface area contributed by atoms with Crippen LogP contribution in [0.4, 0.5) is 0 Å². The lowest BCUT2D eigenvalue weighted by Gasteiger charge is -2.26. The summed E-state index contributed by atoms with van der Waals surface area (Å²) in [5.74, 6) is 4.82. The molecule has 0 saturated carbocycles. The number of fused-ring (bicyclic) bond motifs is 1. The number of hydrogen-bond donors (Lipinski definition) is 0. The Morgan fingerprint density at radius 2 is 1.44 bits per heavy atom. The number of hydrogen-bond acceptors (Lipinski definition) is 7. The third-order valence-electron chi connectivity index (χ3n) is 6.15. The number of rotatable bonds is 8. The highest BCUT2D eigenvalue weighted by molar-refractivity contribution is 5.59. The third-order valence-corrected chi connectivity index (χ3v) is 6.15. The number of ether oxygens (including phenoxy) is 7. The van der Waals surface area contributed by atoms with Crippen LogP contribution in [0, 0.1) is 11.8 Å². The van der Waals surface area contributed by atoms with Crippen LogP contribution in [0.2, 0.25) is 0 Å². The van der Waals surface area contributed by atoms with Gasteiger partial charge in [0, 0.05) is 17.7 Å². The largest absolute Gasteiger partial charge is 0.500 e. The summed E-state index contributed by atoms with van der Waals surface area (Å²) in [5.41, 5.74) is 1.86. The molecule has 7 heteroatoms. The first-order valence-corrected chi connectivity index (χ1v) is 10.9. The fraction of sp³-hybridized carbons (Fsp3) is 0.333. The van der Waals surface area contributed by atoms with Crippen molar-refractivity contribution in [3.8, 4) is 23.0 Å². The zero-order valence-electron chi connectivity index (χ0n) is 20.3. The van der Waals surface area contributed by atoms with Gasteiger partial charge in [0.2, 0.25) is 0 Å². The van der Waals surface area contributed by atoms with Gasteiger partial charge in [0.05, 0.1) is 54.5 Å². The van der Waals surface area contributed by atoms with Gasteiger partial charge in [-0.1, -0.05) is 6.07 Å². The molecule has 1 fully saturated rings. The molecule has 4 rings (SSSR count). The molecular weight excluding hydrogens is 436 g/mol. The average molecular weight is 467 g/mol. The predicted octanol–water partition coefficient (Wildman–Crippen LogP) is 5.14. The van der Waals surface area contributed by atoms with E-state index in [4.69, 9.17) is 33.2 Å². The Morgan fingerprint density at radius 1 is 0.735 bits per heavy atom. The Hall–Kier alpha value is -3.74. The number of benzene rings is 2. The zero-order chi connectivity index (χ0) is 24.2. The Kier molecular flexibility index (Phi) is 6.91. The van der Waals surface area contributed by atoms with E-state index in [1.54, 1.807) is 42.7 Å². The van der Waals surface area contributed by atoms with Crippen molar-refractivity contribution < 1.29 is 33.2 Å². The lowest BCUT2D eigenvalue weighted by molar-refractivity contribution is 0.114. The normalized spacial score (nSPS) is 22.2. The van der Waals surface area contributed by atoms with Crippen molar-refractivity contribution in [3.63, 3.8) is 0 Å². The summed E-state index contributed by atoms with van der Waals surface area (Å²) in [6, 6.07) is 11.5. The molecule has 0 N–H and O–H groups in total. The van der Waals surface area contributed by atoms with Crippen molar-refractivity contribution in [2.45, 2.75) is 6.10 Å². The van der Waals surface area contributed by atoms with Gasteiger partial charge in [-0.25, -0.2) is 0 Å². The van der Waals surface area contributed by atoms with E-state index in [9.17, 15) is 0 Å². The second-order valence-corrected chi connectivity index (χ2v) is 7.92. The van der Waals surface area contributed by atoms with Crippen molar-refractivity contribution >= 4 is 6.08 Å². The van der Waals surface area contributed by atoms with E-state index in [1.165, 1.54) is 0 Å². The monoisotopic (exact) mass is 466 g/mol. The minimum Gasteiger partial charge on any atom is -0.500 e. The van der Waals surface area contributed by atoms with Crippen molar-refractivity contribution in [1.82, 2.24) is 0 Å². The highest BCUT2D eigenvalue weighted by Gasteiger charge is 2.46. The van der Waals surface area contributed by atoms with E-state index in [0.717, 1.165) is 28.4 Å². The molecule has 2 aromatic rings. The highest BCUT2D eigenvalue weighted by atomic mass is 16.5. The van der Waals surface area contributed by atoms with Crippen molar-refractivity contribution in [2.75, 3.05) is 42.7 Å². The van der Waals surface area contributed by atoms with Crippen molar-refractivity contribution in [1.29, 1.82) is 0 Å². The summed E-state index contributed by atoms with van der Waals surface area (Å²) < 4.78 is 39.8. The zero-order valence-corrected chi connectivity index (χ0v) is 20.3. The molecule has 3 unspecified atom stereocenters. The summed E-state index contributed by atoms with van der Waals surface area (Å²) in [6.07, 6.45) is 5.67. The predicted molar refractivity (Wildman–Crippen MR) is 128 cm³/mol. The number of methoxy groups -OCH3 is 6. The lowest BCUT2D eigenvalue weighted by atomic mass is 9.81. The van der Waals surface area contributed by atoms with Crippen LogP contribution >= 0.6 is 0 Å². The van der Waals surface area contributed by atoms with Gasteiger partial charge in [0.15, 0.2) is 11.5 Å². The Balaban J connectivity index is 1.81. The smallest absolute Gasteiger partial charge is 0.161 e. The first kappa shape index (κ1) is 23.4. The van der Waals surface area contributed by atoms with Crippen LogP contribution in [-0.4, -0.2) is 42.7 Å². The van der Waals surface area contributed by atoms with Gasteiger partial charge in [0.25, 0.3) is 0 Å². The van der Waals surface area contributed by atoms with Crippen LogP contribution in [0.1, 0.15) is 17.2 Å². The van der Waals surface area contributed by atoms with Crippen LogP contribution < -0.4 is 18.9 Å². The van der Waals surface area contributed by atoms with Gasteiger partial charge in [-0.3, -0.25) is 0 Å². The van der Waals surface area contributed by atoms with Gasteiger partial charge in [0.1, 0.15) is 34.9 Å². The van der Waals surface area contributed by atoms with Crippen LogP contribution in [0.3, 0.4) is 0 Å². The lowest BCUT2D eigenvalue weighted by Crippen LogP contribution is -2.21. The van der Waals surface area contributed by atoms with E-state index in [1.807, 2.05) is 48.6 Å². The minimum atomic E-state index is -0.318. The molecule has 0 aromatic heterocycles. The number of allylic oxidation sites excluding steroid dienone is 2. The molecule has 0 bridgehead atoms. The fourth-order valence-corrected chi connectivity index (χ4v) is 4.47. The SMILES string of the molecule is COC1=CC2/C(=C/c3ccc(OC)c(OC)c3)OC(c3cc(OC)cc(OC)c3)C2C(OC)=C1. The average Bonchev–Trinajstić information content (AvgIpc) is 3.25. The molecule has 180 valence electrons. The molecular formula is C27H30O7. The fourth-order valence-electron chi connectivity index (χ4n) is 4.47. The quantitative estimate of drug-likeness (QED) is 0.534. The molecule has 0 amide bonds. The van der Waals surface area contributed by atoms with Crippen LogP contribution in [0.25, 0.3) is 6.08 Å². The molecule has 0 radical (unpaired) electrons. The van der Waals surface area contributed by atoms with Crippen LogP contribution in [-0.2, 0) is 14.2 Å². The highest BCUT2D eigenvalue weighted by Crippen LogP contribution is 2.52. The van der Waals surface area contributed by atoms with Gasteiger partial charge < -0.3 is 33.2 Å². The Morgan fingerprint density at radius 3 is 2.03 bits per heavy atom. The molecule has 34 heavy (non-hydrogen) atoms. The maximum Gasteiger partial charge on any atom is 0.161 e. The standard InChI is InChI=1S/C27H30O7/c1-28-18-11-17(12-19(13-18)29-2)27-26-21(14-20(30-3)15-25(26)33-6)23(34-27)9-16-7-8-22(31-4)24(10-16)32-5/h7-15,21,26-27H,1-6H3/b23-9-. The van der Waals surface area contributed by atoms with Gasteiger partial charge in [-0.15, -0.1) is 0 Å². The summed E-state index contributed by atoms with van der Waals surface area (Å²) in [4.78, 5) is 0. The molecule has 2 aliphatic rings. The molecule has 7 nitrogen and oxygen atoms in total. The molecule has 3 atom stereocenters. The first-order chi connectivity index (χ1) is 16.5. The van der Waals surface area contributed by atoms with Gasteiger partial charge in [-0.05, 0) is 42.0 Å². The summed E-state index contributed by atoms with van der Waals surface area (Å²) in [6.45, 7) is 0. The Labute approximate surface area is 200 Å². The second-order valence-electron chi connectivity index (χ2n) is 7.92. The second kappa shape index (κ2) is 10.0. The molecule has 1 saturated heterocycles. The molecule has 1 heterocycles. The van der Waals surface area contributed by atoms with Gasteiger partial charge >= 0.3 is 0 Å². The Bertz CT molecular complexity index is 1110. The first-order valence-electron chi connectivity index (χ1n) is 10.9. The maximum atomic E-state index is 6.61. The molecule has 2 aromatic carbocycles. The summed E-state index contributed by atoms with van der Waals surface area (Å²) in [7, 11) is 9.81. The van der Waals surface area contributed by atoms with E-state index >= 15 is 0 Å². The van der Waals surface area contributed by atoms with E-state index in [-0.39, 0.29) is 17.9 Å². The molecule has 1 aliphatic carbocycles. The van der Waals surface area contributed by atoms with Crippen LogP contribution in [0.15, 0.2) is 65.8 Å². The summed E-state index contributed by atoms with van der Waals surface area (Å²) in [5, 5.41) is 0. The van der Waals surface area contributed by atoms with Gasteiger partial charge in [-0.2, -0.15) is 0 Å². The molecule has 1 aliphatic heterocycles. The maximum absolute atomic E-state index is 6.61. The third kappa shape index (κ3) is 4.38.